The van der Waals surface area contributed by atoms with Gasteiger partial charge in [-0.1, -0.05) is 61.2 Å². The largest absolute Gasteiger partial charge is 0.460 e. The molecule has 7 heteroatoms. The molecule has 1 amide bonds. The molecule has 0 saturated heterocycles. The van der Waals surface area contributed by atoms with E-state index in [0.717, 1.165) is 22.3 Å². The number of fused-ring (bicyclic) bond motifs is 3. The lowest BCUT2D eigenvalue weighted by Crippen LogP contribution is -2.47. The van der Waals surface area contributed by atoms with Gasteiger partial charge in [-0.15, -0.1) is 12.4 Å². The Morgan fingerprint density at radius 2 is 1.64 bits per heavy atom. The summed E-state index contributed by atoms with van der Waals surface area (Å²) in [6.07, 6.45) is 0.738. The van der Waals surface area contributed by atoms with E-state index in [-0.39, 0.29) is 38.1 Å². The van der Waals surface area contributed by atoms with Gasteiger partial charge >= 0.3 is 12.1 Å². The van der Waals surface area contributed by atoms with E-state index >= 15 is 0 Å². The molecule has 1 aliphatic carbocycles. The standard InChI is InChI=1S/C21H22N2O4.ClH/c1-2-11-26-20(24)19(12-22)23-21(25)27-13-18-16-9-5-3-7-14(16)15-8-4-6-10-17(15)18;/h2-10,18-19H,1,11-13,22H2,(H,23,25);1H/t19-;/m0./s1. The summed E-state index contributed by atoms with van der Waals surface area (Å²) >= 11 is 0. The molecule has 0 radical (unpaired) electrons. The highest BCUT2D eigenvalue weighted by Crippen LogP contribution is 2.44. The van der Waals surface area contributed by atoms with Gasteiger partial charge in [0.1, 0.15) is 19.3 Å². The first kappa shape index (κ1) is 21.5. The molecule has 28 heavy (non-hydrogen) atoms. The Balaban J connectivity index is 0.00000280. The monoisotopic (exact) mass is 402 g/mol. The van der Waals surface area contributed by atoms with Crippen molar-refractivity contribution >= 4 is 24.5 Å². The first-order chi connectivity index (χ1) is 13.2. The number of esters is 1. The van der Waals surface area contributed by atoms with Gasteiger partial charge in [0, 0.05) is 12.5 Å². The van der Waals surface area contributed by atoms with Crippen molar-refractivity contribution in [3.05, 3.63) is 72.3 Å². The Morgan fingerprint density at radius 3 is 2.18 bits per heavy atom. The molecule has 0 fully saturated rings. The minimum Gasteiger partial charge on any atom is -0.460 e. The summed E-state index contributed by atoms with van der Waals surface area (Å²) in [7, 11) is 0. The molecule has 3 N–H and O–H groups in total. The van der Waals surface area contributed by atoms with Crippen LogP contribution in [0.1, 0.15) is 17.0 Å². The van der Waals surface area contributed by atoms with Crippen molar-refractivity contribution in [3.8, 4) is 11.1 Å². The zero-order valence-corrected chi connectivity index (χ0v) is 16.1. The summed E-state index contributed by atoms with van der Waals surface area (Å²) in [5.41, 5.74) is 10.1. The first-order valence-electron chi connectivity index (χ1n) is 8.74. The van der Waals surface area contributed by atoms with Crippen LogP contribution in [0.4, 0.5) is 4.79 Å². The van der Waals surface area contributed by atoms with Crippen molar-refractivity contribution in [2.75, 3.05) is 19.8 Å². The molecule has 6 nitrogen and oxygen atoms in total. The zero-order chi connectivity index (χ0) is 19.2. The fourth-order valence-corrected chi connectivity index (χ4v) is 3.24. The highest BCUT2D eigenvalue weighted by Gasteiger charge is 2.29. The average molecular weight is 403 g/mol. The first-order valence-corrected chi connectivity index (χ1v) is 8.74. The van der Waals surface area contributed by atoms with Gasteiger partial charge in [-0.25, -0.2) is 9.59 Å². The third-order valence-electron chi connectivity index (χ3n) is 4.50. The topological polar surface area (TPSA) is 90.6 Å². The minimum atomic E-state index is -0.958. The van der Waals surface area contributed by atoms with Gasteiger partial charge in [0.2, 0.25) is 0 Å². The average Bonchev–Trinajstić information content (AvgIpc) is 3.02. The van der Waals surface area contributed by atoms with Crippen LogP contribution in [0.5, 0.6) is 0 Å². The van der Waals surface area contributed by atoms with Crippen LogP contribution < -0.4 is 11.1 Å². The van der Waals surface area contributed by atoms with Crippen LogP contribution in [0.3, 0.4) is 0 Å². The predicted octanol–water partition coefficient (Wildman–Crippen LogP) is 3.00. The number of nitrogens with one attached hydrogen (secondary N) is 1. The summed E-state index contributed by atoms with van der Waals surface area (Å²) < 4.78 is 10.3. The van der Waals surface area contributed by atoms with Crippen molar-refractivity contribution in [3.63, 3.8) is 0 Å². The molecular formula is C21H23ClN2O4. The van der Waals surface area contributed by atoms with Gasteiger partial charge in [-0.2, -0.15) is 0 Å². The zero-order valence-electron chi connectivity index (χ0n) is 15.3. The summed E-state index contributed by atoms with van der Waals surface area (Å²) in [4.78, 5) is 24.0. The number of alkyl carbamates (subject to hydrolysis) is 1. The second kappa shape index (κ2) is 9.92. The Kier molecular flexibility index (Phi) is 7.61. The van der Waals surface area contributed by atoms with Crippen LogP contribution in [0.25, 0.3) is 11.1 Å². The molecule has 0 saturated carbocycles. The van der Waals surface area contributed by atoms with Gasteiger partial charge in [-0.3, -0.25) is 0 Å². The van der Waals surface area contributed by atoms with Crippen LogP contribution in [-0.4, -0.2) is 37.9 Å². The number of amides is 1. The molecule has 3 rings (SSSR count). The number of carbonyl (C=O) groups excluding carboxylic acids is 2. The lowest BCUT2D eigenvalue weighted by atomic mass is 9.98. The van der Waals surface area contributed by atoms with Crippen LogP contribution in [0.2, 0.25) is 0 Å². The van der Waals surface area contributed by atoms with Crippen molar-refractivity contribution in [1.29, 1.82) is 0 Å². The summed E-state index contributed by atoms with van der Waals surface area (Å²) in [6, 6.07) is 15.2. The number of hydrogen-bond donors (Lipinski definition) is 2. The van der Waals surface area contributed by atoms with E-state index in [1.54, 1.807) is 0 Å². The quantitative estimate of drug-likeness (QED) is 0.548. The highest BCUT2D eigenvalue weighted by molar-refractivity contribution is 5.85. The molecule has 2 aromatic rings. The molecule has 0 unspecified atom stereocenters. The number of ether oxygens (including phenoxy) is 2. The van der Waals surface area contributed by atoms with Crippen molar-refractivity contribution in [1.82, 2.24) is 5.32 Å². The van der Waals surface area contributed by atoms with E-state index in [0.29, 0.717) is 0 Å². The predicted molar refractivity (Wildman–Crippen MR) is 109 cm³/mol. The van der Waals surface area contributed by atoms with E-state index in [1.165, 1.54) is 6.08 Å². The van der Waals surface area contributed by atoms with Crippen LogP contribution >= 0.6 is 12.4 Å². The van der Waals surface area contributed by atoms with Crippen LogP contribution in [0.15, 0.2) is 61.2 Å². The third-order valence-corrected chi connectivity index (χ3v) is 4.50. The van der Waals surface area contributed by atoms with Crippen LogP contribution in [-0.2, 0) is 14.3 Å². The third kappa shape index (κ3) is 4.52. The van der Waals surface area contributed by atoms with E-state index in [4.69, 9.17) is 15.2 Å². The molecule has 1 atom stereocenters. The number of carbonyl (C=O) groups is 2. The van der Waals surface area contributed by atoms with E-state index in [9.17, 15) is 9.59 Å². The molecule has 0 aromatic heterocycles. The van der Waals surface area contributed by atoms with E-state index in [2.05, 4.69) is 24.0 Å². The highest BCUT2D eigenvalue weighted by atomic mass is 35.5. The van der Waals surface area contributed by atoms with Crippen molar-refractivity contribution in [2.24, 2.45) is 5.73 Å². The lowest BCUT2D eigenvalue weighted by Gasteiger charge is -2.17. The SMILES string of the molecule is C=CCOC(=O)[C@H](CN)NC(=O)OCC1c2ccccc2-c2ccccc21.Cl. The van der Waals surface area contributed by atoms with E-state index in [1.807, 2.05) is 36.4 Å². The van der Waals surface area contributed by atoms with E-state index < -0.39 is 18.1 Å². The Bertz CT molecular complexity index is 810. The fraction of sp³-hybridized carbons (Fsp3) is 0.238. The maximum Gasteiger partial charge on any atom is 0.407 e. The Morgan fingerprint density at radius 1 is 1.07 bits per heavy atom. The number of nitrogens with two attached hydrogens (primary N) is 1. The number of benzene rings is 2. The maximum atomic E-state index is 12.2. The maximum absolute atomic E-state index is 12.2. The number of halogens is 1. The summed E-state index contributed by atoms with van der Waals surface area (Å²) in [5, 5.41) is 2.45. The number of rotatable bonds is 7. The fourth-order valence-electron chi connectivity index (χ4n) is 3.24. The number of hydrogen-bond acceptors (Lipinski definition) is 5. The second-order valence-electron chi connectivity index (χ2n) is 6.18. The normalized spacial score (nSPS) is 12.8. The molecular weight excluding hydrogens is 380 g/mol. The molecule has 0 bridgehead atoms. The molecule has 148 valence electrons. The summed E-state index contributed by atoms with van der Waals surface area (Å²) in [6.45, 7) is 3.61. The molecule has 1 aliphatic rings. The van der Waals surface area contributed by atoms with Gasteiger partial charge in [0.05, 0.1) is 0 Å². The van der Waals surface area contributed by atoms with Crippen molar-refractivity contribution < 1.29 is 19.1 Å². The van der Waals surface area contributed by atoms with Gasteiger partial charge in [0.15, 0.2) is 0 Å². The van der Waals surface area contributed by atoms with Crippen LogP contribution in [0, 0.1) is 0 Å². The van der Waals surface area contributed by atoms with Gasteiger partial charge < -0.3 is 20.5 Å². The Hall–Kier alpha value is -2.83. The Labute approximate surface area is 170 Å². The minimum absolute atomic E-state index is 0. The smallest absolute Gasteiger partial charge is 0.407 e. The van der Waals surface area contributed by atoms with Gasteiger partial charge in [-0.05, 0) is 22.3 Å². The molecule has 0 aliphatic heterocycles. The molecule has 0 spiro atoms. The van der Waals surface area contributed by atoms with Crippen molar-refractivity contribution in [2.45, 2.75) is 12.0 Å². The van der Waals surface area contributed by atoms with Gasteiger partial charge in [0.25, 0.3) is 0 Å². The summed E-state index contributed by atoms with van der Waals surface area (Å²) in [5.74, 6) is -0.668. The molecule has 2 aromatic carbocycles. The lowest BCUT2D eigenvalue weighted by molar-refractivity contribution is -0.144. The second-order valence-corrected chi connectivity index (χ2v) is 6.18. The molecule has 0 heterocycles.